The van der Waals surface area contributed by atoms with Crippen LogP contribution in [0.2, 0.25) is 0 Å². The minimum Gasteiger partial charge on any atom is -0.487 e. The van der Waals surface area contributed by atoms with E-state index in [1.54, 1.807) is 0 Å². The highest BCUT2D eigenvalue weighted by molar-refractivity contribution is 5.74. The molecule has 0 spiro atoms. The first kappa shape index (κ1) is 32.7. The Balaban J connectivity index is 1.85. The molecule has 3 unspecified atom stereocenters. The fourth-order valence-electron chi connectivity index (χ4n) is 6.10. The first-order chi connectivity index (χ1) is 18.0. The maximum atomic E-state index is 12.5. The number of benzene rings is 1. The zero-order valence-corrected chi connectivity index (χ0v) is 26.6. The van der Waals surface area contributed by atoms with Gasteiger partial charge >= 0.3 is 5.97 Å². The minimum absolute atomic E-state index is 0.111. The molecule has 3 heteroatoms. The number of carbonyl (C=O) groups excluding carboxylic acids is 1. The van der Waals surface area contributed by atoms with E-state index in [-0.39, 0.29) is 11.6 Å². The third-order valence-corrected chi connectivity index (χ3v) is 9.04. The molecule has 2 rings (SSSR count). The molecule has 1 heterocycles. The lowest BCUT2D eigenvalue weighted by molar-refractivity contribution is -0.134. The first-order valence-electron chi connectivity index (χ1n) is 16.0. The van der Waals surface area contributed by atoms with Crippen LogP contribution < -0.4 is 9.47 Å². The van der Waals surface area contributed by atoms with E-state index in [1.807, 2.05) is 0 Å². The predicted octanol–water partition coefficient (Wildman–Crippen LogP) is 10.6. The highest BCUT2D eigenvalue weighted by Crippen LogP contribution is 2.45. The number of hydrogen-bond donors (Lipinski definition) is 0. The number of esters is 1. The standard InChI is InChI=1S/C35H60O3/c1-10-11-12-21-32(36)37-33-28(6)29(7)34-31(30(33)8)22-24-35(9,38-34)23-15-20-27(5)19-14-18-26(4)17-13-16-25(2)3/h25-27H,10-24H2,1-9H3. The van der Waals surface area contributed by atoms with Gasteiger partial charge in [-0.05, 0) is 94.2 Å². The van der Waals surface area contributed by atoms with Gasteiger partial charge in [0, 0.05) is 12.0 Å². The van der Waals surface area contributed by atoms with Crippen LogP contribution in [-0.2, 0) is 11.2 Å². The Morgan fingerprint density at radius 3 is 2.05 bits per heavy atom. The maximum Gasteiger partial charge on any atom is 0.311 e. The Morgan fingerprint density at radius 1 is 0.842 bits per heavy atom. The van der Waals surface area contributed by atoms with Crippen LogP contribution in [0.25, 0.3) is 0 Å². The van der Waals surface area contributed by atoms with E-state index in [0.29, 0.717) is 6.42 Å². The summed E-state index contributed by atoms with van der Waals surface area (Å²) in [6, 6.07) is 0. The van der Waals surface area contributed by atoms with Crippen molar-refractivity contribution in [1.29, 1.82) is 0 Å². The van der Waals surface area contributed by atoms with Crippen LogP contribution in [0.5, 0.6) is 11.5 Å². The Kier molecular flexibility index (Phi) is 13.7. The lowest BCUT2D eigenvalue weighted by atomic mass is 9.83. The van der Waals surface area contributed by atoms with Crippen molar-refractivity contribution in [1.82, 2.24) is 0 Å². The summed E-state index contributed by atoms with van der Waals surface area (Å²) < 4.78 is 12.7. The van der Waals surface area contributed by atoms with Gasteiger partial charge in [0.05, 0.1) is 0 Å². The van der Waals surface area contributed by atoms with Crippen LogP contribution in [0.3, 0.4) is 0 Å². The molecule has 0 bridgehead atoms. The van der Waals surface area contributed by atoms with Gasteiger partial charge in [-0.15, -0.1) is 0 Å². The molecule has 0 saturated carbocycles. The number of hydrogen-bond acceptors (Lipinski definition) is 3. The zero-order valence-electron chi connectivity index (χ0n) is 26.6. The second kappa shape index (κ2) is 15.9. The number of unbranched alkanes of at least 4 members (excludes halogenated alkanes) is 2. The molecule has 0 saturated heterocycles. The lowest BCUT2D eigenvalue weighted by Crippen LogP contribution is -2.37. The molecule has 1 aromatic rings. The second-order valence-electron chi connectivity index (χ2n) is 13.4. The van der Waals surface area contributed by atoms with Gasteiger partial charge in [0.2, 0.25) is 0 Å². The van der Waals surface area contributed by atoms with Gasteiger partial charge in [-0.25, -0.2) is 0 Å². The highest BCUT2D eigenvalue weighted by Gasteiger charge is 2.34. The zero-order chi connectivity index (χ0) is 28.3. The summed E-state index contributed by atoms with van der Waals surface area (Å²) in [5, 5.41) is 0. The summed E-state index contributed by atoms with van der Waals surface area (Å²) in [4.78, 5) is 12.5. The van der Waals surface area contributed by atoms with Crippen LogP contribution in [0.1, 0.15) is 154 Å². The average molecular weight is 529 g/mol. The molecule has 1 aromatic carbocycles. The normalized spacial score (nSPS) is 18.7. The number of fused-ring (bicyclic) bond motifs is 1. The maximum absolute atomic E-state index is 12.5. The van der Waals surface area contributed by atoms with Gasteiger partial charge in [-0.1, -0.05) is 92.4 Å². The molecule has 0 aromatic heterocycles. The molecule has 0 radical (unpaired) electrons. The number of ether oxygens (including phenoxy) is 2. The molecule has 0 N–H and O–H groups in total. The molecule has 1 aliphatic heterocycles. The Labute approximate surface area is 235 Å². The van der Waals surface area contributed by atoms with Gasteiger partial charge in [0.1, 0.15) is 17.1 Å². The second-order valence-corrected chi connectivity index (χ2v) is 13.4. The van der Waals surface area contributed by atoms with E-state index in [4.69, 9.17) is 9.47 Å². The monoisotopic (exact) mass is 528 g/mol. The van der Waals surface area contributed by atoms with Crippen LogP contribution in [-0.4, -0.2) is 11.6 Å². The van der Waals surface area contributed by atoms with Crippen molar-refractivity contribution in [2.45, 2.75) is 164 Å². The molecule has 1 aliphatic rings. The first-order valence-corrected chi connectivity index (χ1v) is 16.0. The van der Waals surface area contributed by atoms with E-state index in [0.717, 1.165) is 84.5 Å². The molecule has 3 atom stereocenters. The molecule has 0 fully saturated rings. The van der Waals surface area contributed by atoms with Crippen LogP contribution >= 0.6 is 0 Å². The largest absolute Gasteiger partial charge is 0.487 e. The quantitative estimate of drug-likeness (QED) is 0.115. The summed E-state index contributed by atoms with van der Waals surface area (Å²) in [5.41, 5.74) is 4.38. The Bertz CT molecular complexity index is 871. The van der Waals surface area contributed by atoms with Gasteiger partial charge < -0.3 is 9.47 Å². The van der Waals surface area contributed by atoms with Crippen LogP contribution in [0.15, 0.2) is 0 Å². The molecule has 38 heavy (non-hydrogen) atoms. The van der Waals surface area contributed by atoms with Crippen molar-refractivity contribution in [2.75, 3.05) is 0 Å². The van der Waals surface area contributed by atoms with E-state index < -0.39 is 0 Å². The van der Waals surface area contributed by atoms with Crippen molar-refractivity contribution in [3.63, 3.8) is 0 Å². The fraction of sp³-hybridized carbons (Fsp3) is 0.800. The molecule has 0 aliphatic carbocycles. The molecule has 3 nitrogen and oxygen atoms in total. The molecular formula is C35H60O3. The third kappa shape index (κ3) is 10.2. The lowest BCUT2D eigenvalue weighted by Gasteiger charge is -2.38. The average Bonchev–Trinajstić information content (AvgIpc) is 2.85. The Morgan fingerprint density at radius 2 is 1.45 bits per heavy atom. The van der Waals surface area contributed by atoms with Crippen molar-refractivity contribution in [3.8, 4) is 11.5 Å². The van der Waals surface area contributed by atoms with Crippen molar-refractivity contribution < 1.29 is 14.3 Å². The summed E-state index contributed by atoms with van der Waals surface area (Å²) >= 11 is 0. The molecule has 0 amide bonds. The van der Waals surface area contributed by atoms with E-state index in [2.05, 4.69) is 62.3 Å². The van der Waals surface area contributed by atoms with Gasteiger partial charge in [-0.3, -0.25) is 4.79 Å². The molecule has 218 valence electrons. The molecular weight excluding hydrogens is 468 g/mol. The van der Waals surface area contributed by atoms with Crippen molar-refractivity contribution in [3.05, 3.63) is 22.3 Å². The smallest absolute Gasteiger partial charge is 0.311 e. The number of rotatable bonds is 17. The van der Waals surface area contributed by atoms with Gasteiger partial charge in [0.25, 0.3) is 0 Å². The predicted molar refractivity (Wildman–Crippen MR) is 163 cm³/mol. The minimum atomic E-state index is -0.111. The summed E-state index contributed by atoms with van der Waals surface area (Å²) in [5.74, 6) is 4.19. The SMILES string of the molecule is CCCCCC(=O)Oc1c(C)c(C)c2c(c1C)CCC(C)(CCCC(C)CCCC(C)CCCC(C)C)O2. The highest BCUT2D eigenvalue weighted by atomic mass is 16.5. The van der Waals surface area contributed by atoms with E-state index >= 15 is 0 Å². The van der Waals surface area contributed by atoms with Crippen molar-refractivity contribution >= 4 is 5.97 Å². The van der Waals surface area contributed by atoms with E-state index in [9.17, 15) is 4.79 Å². The summed E-state index contributed by atoms with van der Waals surface area (Å²) in [7, 11) is 0. The van der Waals surface area contributed by atoms with E-state index in [1.165, 1.54) is 56.9 Å². The third-order valence-electron chi connectivity index (χ3n) is 9.04. The summed E-state index contributed by atoms with van der Waals surface area (Å²) in [6.07, 6.45) is 17.5. The Hall–Kier alpha value is -1.51. The van der Waals surface area contributed by atoms with Gasteiger partial charge in [0.15, 0.2) is 0 Å². The number of carbonyl (C=O) groups is 1. The van der Waals surface area contributed by atoms with Crippen LogP contribution in [0, 0.1) is 38.5 Å². The fourth-order valence-corrected chi connectivity index (χ4v) is 6.10. The van der Waals surface area contributed by atoms with Crippen molar-refractivity contribution in [2.24, 2.45) is 17.8 Å². The van der Waals surface area contributed by atoms with Crippen LogP contribution in [0.4, 0.5) is 0 Å². The topological polar surface area (TPSA) is 35.5 Å². The van der Waals surface area contributed by atoms with Gasteiger partial charge in [-0.2, -0.15) is 0 Å². The summed E-state index contributed by atoms with van der Waals surface area (Å²) in [6.45, 7) is 20.3.